The van der Waals surface area contributed by atoms with Crippen molar-refractivity contribution < 1.29 is 23.4 Å². The Labute approximate surface area is 185 Å². The van der Waals surface area contributed by atoms with Crippen molar-refractivity contribution in [3.8, 4) is 5.75 Å². The highest BCUT2D eigenvalue weighted by atomic mass is 19.1. The van der Waals surface area contributed by atoms with Crippen molar-refractivity contribution in [2.24, 2.45) is 0 Å². The van der Waals surface area contributed by atoms with Crippen LogP contribution in [0.15, 0.2) is 48.5 Å². The summed E-state index contributed by atoms with van der Waals surface area (Å²) in [5, 5.41) is 15.0. The molecule has 1 saturated heterocycles. The predicted octanol–water partition coefficient (Wildman–Crippen LogP) is 3.48. The molecule has 6 nitrogen and oxygen atoms in total. The fraction of sp³-hybridized carbons (Fsp3) is 0.333. The molecule has 4 rings (SSSR count). The average molecular weight is 441 g/mol. The van der Waals surface area contributed by atoms with Gasteiger partial charge in [-0.25, -0.2) is 8.78 Å². The van der Waals surface area contributed by atoms with E-state index < -0.39 is 23.8 Å². The highest BCUT2D eigenvalue weighted by Crippen LogP contribution is 2.23. The van der Waals surface area contributed by atoms with E-state index >= 15 is 0 Å². The van der Waals surface area contributed by atoms with Gasteiger partial charge in [0.25, 0.3) is 5.91 Å². The molecule has 3 aromatic rings. The Morgan fingerprint density at radius 1 is 1.16 bits per heavy atom. The minimum Gasteiger partial charge on any atom is -0.487 e. The van der Waals surface area contributed by atoms with E-state index in [9.17, 15) is 18.7 Å². The topological polar surface area (TPSA) is 67.6 Å². The van der Waals surface area contributed by atoms with Crippen LogP contribution in [0, 0.1) is 25.5 Å². The number of likely N-dealkylation sites (tertiary alicyclic amines) is 1. The monoisotopic (exact) mass is 441 g/mol. The molecule has 0 aliphatic carbocycles. The number of aliphatic hydroxyl groups excluding tert-OH is 1. The lowest BCUT2D eigenvalue weighted by Gasteiger charge is -2.36. The highest BCUT2D eigenvalue weighted by molar-refractivity contribution is 5.94. The van der Waals surface area contributed by atoms with Crippen molar-refractivity contribution in [1.29, 1.82) is 0 Å². The van der Waals surface area contributed by atoms with Crippen molar-refractivity contribution >= 4 is 5.91 Å². The van der Waals surface area contributed by atoms with Gasteiger partial charge in [0.05, 0.1) is 18.8 Å². The Kier molecular flexibility index (Phi) is 6.23. The van der Waals surface area contributed by atoms with Gasteiger partial charge in [-0.3, -0.25) is 9.48 Å². The molecule has 1 fully saturated rings. The molecule has 0 radical (unpaired) electrons. The number of amides is 1. The number of hydrogen-bond donors (Lipinski definition) is 1. The first-order valence-corrected chi connectivity index (χ1v) is 10.5. The maximum atomic E-state index is 13.4. The largest absolute Gasteiger partial charge is 0.487 e. The van der Waals surface area contributed by atoms with Gasteiger partial charge in [0, 0.05) is 42.4 Å². The molecule has 0 bridgehead atoms. The summed E-state index contributed by atoms with van der Waals surface area (Å²) in [6.07, 6.45) is -1.29. The van der Waals surface area contributed by atoms with Crippen molar-refractivity contribution in [3.05, 3.63) is 82.7 Å². The van der Waals surface area contributed by atoms with Gasteiger partial charge in [-0.05, 0) is 37.6 Å². The van der Waals surface area contributed by atoms with Crippen LogP contribution >= 0.6 is 0 Å². The zero-order valence-corrected chi connectivity index (χ0v) is 18.0. The van der Waals surface area contributed by atoms with E-state index in [1.807, 2.05) is 42.8 Å². The molecule has 1 aromatic heterocycles. The molecule has 8 heteroatoms. The molecule has 2 atom stereocenters. The number of piperidine rings is 1. The minimum atomic E-state index is -0.975. The Morgan fingerprint density at radius 3 is 2.56 bits per heavy atom. The Hall–Kier alpha value is -3.26. The lowest BCUT2D eigenvalue weighted by molar-refractivity contribution is -0.0200. The fourth-order valence-corrected chi connectivity index (χ4v) is 4.00. The van der Waals surface area contributed by atoms with Crippen LogP contribution in [-0.4, -0.2) is 51.0 Å². The van der Waals surface area contributed by atoms with E-state index in [4.69, 9.17) is 4.74 Å². The van der Waals surface area contributed by atoms with Gasteiger partial charge in [0.2, 0.25) is 0 Å². The SMILES string of the molecule is Cc1cc(C)n(Cc2cccc(C(=O)N3CC[C@@H](Oc4cc(F)cc(F)c4)[C@H](O)C3)c2)n1. The number of aromatic nitrogens is 2. The van der Waals surface area contributed by atoms with Crippen LogP contribution < -0.4 is 4.74 Å². The zero-order valence-electron chi connectivity index (χ0n) is 18.0. The number of nitrogens with zero attached hydrogens (tertiary/aromatic N) is 3. The van der Waals surface area contributed by atoms with E-state index in [1.165, 1.54) is 0 Å². The molecule has 1 amide bonds. The van der Waals surface area contributed by atoms with Crippen molar-refractivity contribution in [1.82, 2.24) is 14.7 Å². The molecule has 32 heavy (non-hydrogen) atoms. The number of aryl methyl sites for hydroxylation is 2. The summed E-state index contributed by atoms with van der Waals surface area (Å²) in [5.41, 5.74) is 3.47. The third-order valence-corrected chi connectivity index (χ3v) is 5.54. The van der Waals surface area contributed by atoms with Gasteiger partial charge >= 0.3 is 0 Å². The normalized spacial score (nSPS) is 18.6. The summed E-state index contributed by atoms with van der Waals surface area (Å²) in [4.78, 5) is 14.6. The summed E-state index contributed by atoms with van der Waals surface area (Å²) in [7, 11) is 0. The maximum absolute atomic E-state index is 13.4. The van der Waals surface area contributed by atoms with E-state index in [0.717, 1.165) is 35.2 Å². The second-order valence-electron chi connectivity index (χ2n) is 8.15. The lowest BCUT2D eigenvalue weighted by Crippen LogP contribution is -2.51. The Bertz CT molecular complexity index is 1110. The molecular formula is C24H25F2N3O3. The van der Waals surface area contributed by atoms with E-state index in [2.05, 4.69) is 5.10 Å². The molecule has 1 aliphatic heterocycles. The first kappa shape index (κ1) is 22.0. The summed E-state index contributed by atoms with van der Waals surface area (Å²) < 4.78 is 34.2. The zero-order chi connectivity index (χ0) is 22.8. The van der Waals surface area contributed by atoms with Gasteiger partial charge in [0.1, 0.15) is 29.6 Å². The summed E-state index contributed by atoms with van der Waals surface area (Å²) in [6, 6.07) is 12.3. The Balaban J connectivity index is 1.41. The summed E-state index contributed by atoms with van der Waals surface area (Å²) in [6.45, 7) is 4.92. The van der Waals surface area contributed by atoms with Gasteiger partial charge in [0.15, 0.2) is 0 Å². The van der Waals surface area contributed by atoms with Crippen LogP contribution in [0.2, 0.25) is 0 Å². The molecule has 2 heterocycles. The standard InChI is InChI=1S/C24H25F2N3O3/c1-15-8-16(2)29(27-15)13-17-4-3-5-18(9-17)24(31)28-7-6-23(22(30)14-28)32-21-11-19(25)10-20(26)12-21/h3-5,8-12,22-23,30H,6-7,13-14H2,1-2H3/t22-,23-/m1/s1. The first-order chi connectivity index (χ1) is 15.3. The van der Waals surface area contributed by atoms with Crippen molar-refractivity contribution in [2.45, 2.75) is 39.0 Å². The molecule has 1 aliphatic rings. The lowest BCUT2D eigenvalue weighted by atomic mass is 10.0. The van der Waals surface area contributed by atoms with Crippen LogP contribution in [-0.2, 0) is 6.54 Å². The first-order valence-electron chi connectivity index (χ1n) is 10.5. The van der Waals surface area contributed by atoms with Crippen molar-refractivity contribution in [3.63, 3.8) is 0 Å². The quantitative estimate of drug-likeness (QED) is 0.658. The molecule has 168 valence electrons. The number of β-amino-alcohol motifs (C(OH)–C–C–N with tert-alkyl or cyclic N) is 1. The summed E-state index contributed by atoms with van der Waals surface area (Å²) >= 11 is 0. The minimum absolute atomic E-state index is 0.0168. The number of aliphatic hydroxyl groups is 1. The number of rotatable bonds is 5. The van der Waals surface area contributed by atoms with Gasteiger partial charge in [-0.15, -0.1) is 0 Å². The van der Waals surface area contributed by atoms with E-state index in [-0.39, 0.29) is 18.2 Å². The van der Waals surface area contributed by atoms with E-state index in [1.54, 1.807) is 11.0 Å². The van der Waals surface area contributed by atoms with E-state index in [0.29, 0.717) is 25.1 Å². The van der Waals surface area contributed by atoms with Crippen LogP contribution in [0.25, 0.3) is 0 Å². The number of carbonyl (C=O) groups is 1. The molecule has 2 aromatic carbocycles. The number of hydrogen-bond acceptors (Lipinski definition) is 4. The summed E-state index contributed by atoms with van der Waals surface area (Å²) in [5.74, 6) is -1.66. The van der Waals surface area contributed by atoms with Gasteiger partial charge in [-0.1, -0.05) is 12.1 Å². The maximum Gasteiger partial charge on any atom is 0.253 e. The Morgan fingerprint density at radius 2 is 1.91 bits per heavy atom. The van der Waals surface area contributed by atoms with Crippen LogP contribution in [0.1, 0.15) is 33.7 Å². The second-order valence-corrected chi connectivity index (χ2v) is 8.15. The molecule has 0 unspecified atom stereocenters. The van der Waals surface area contributed by atoms with Crippen LogP contribution in [0.4, 0.5) is 8.78 Å². The number of halogens is 2. The molecular weight excluding hydrogens is 416 g/mol. The fourth-order valence-electron chi connectivity index (χ4n) is 4.00. The molecule has 0 spiro atoms. The predicted molar refractivity (Wildman–Crippen MR) is 115 cm³/mol. The van der Waals surface area contributed by atoms with Gasteiger partial charge in [-0.2, -0.15) is 5.10 Å². The van der Waals surface area contributed by atoms with Gasteiger partial charge < -0.3 is 14.7 Å². The highest BCUT2D eigenvalue weighted by Gasteiger charge is 2.32. The van der Waals surface area contributed by atoms with Crippen molar-refractivity contribution in [2.75, 3.05) is 13.1 Å². The third-order valence-electron chi connectivity index (χ3n) is 5.54. The van der Waals surface area contributed by atoms with Crippen LogP contribution in [0.5, 0.6) is 5.75 Å². The molecule has 0 saturated carbocycles. The van der Waals surface area contributed by atoms with Crippen LogP contribution in [0.3, 0.4) is 0 Å². The average Bonchev–Trinajstić information content (AvgIpc) is 3.05. The smallest absolute Gasteiger partial charge is 0.253 e. The molecule has 1 N–H and O–H groups in total. The number of ether oxygens (including phenoxy) is 1. The number of benzene rings is 2. The second kappa shape index (κ2) is 9.08. The number of carbonyl (C=O) groups excluding carboxylic acids is 1. The third kappa shape index (κ3) is 4.96.